The molecule has 1 aromatic rings. The number of amides is 1. The minimum Gasteiger partial charge on any atom is -0.369 e. The fourth-order valence-electron chi connectivity index (χ4n) is 2.58. The highest BCUT2D eigenvalue weighted by Gasteiger charge is 2.09. The van der Waals surface area contributed by atoms with Crippen LogP contribution in [0, 0.1) is 5.92 Å². The van der Waals surface area contributed by atoms with Crippen molar-refractivity contribution in [3.05, 3.63) is 29.7 Å². The lowest BCUT2D eigenvalue weighted by Gasteiger charge is -2.12. The lowest BCUT2D eigenvalue weighted by atomic mass is 9.97. The molecule has 0 spiro atoms. The van der Waals surface area contributed by atoms with Crippen LogP contribution >= 0.6 is 0 Å². The van der Waals surface area contributed by atoms with Crippen molar-refractivity contribution in [1.29, 1.82) is 0 Å². The van der Waals surface area contributed by atoms with Crippen LogP contribution in [0.4, 0.5) is 5.82 Å². The molecule has 0 saturated heterocycles. The molecule has 0 aromatic carbocycles. The Morgan fingerprint density at radius 1 is 1.22 bits per heavy atom. The number of allylic oxidation sites excluding steroid dienone is 1. The third kappa shape index (κ3) is 6.38. The highest BCUT2D eigenvalue weighted by molar-refractivity contribution is 5.91. The molecule has 5 heteroatoms. The van der Waals surface area contributed by atoms with Crippen molar-refractivity contribution in [2.24, 2.45) is 5.92 Å². The van der Waals surface area contributed by atoms with Gasteiger partial charge in [0.2, 0.25) is 0 Å². The Bertz CT molecular complexity index is 522. The first kappa shape index (κ1) is 17.4. The molecular formula is C18H28N4O. The summed E-state index contributed by atoms with van der Waals surface area (Å²) >= 11 is 0. The molecule has 0 aliphatic heterocycles. The average molecular weight is 316 g/mol. The molecule has 5 nitrogen and oxygen atoms in total. The van der Waals surface area contributed by atoms with E-state index < -0.39 is 0 Å². The van der Waals surface area contributed by atoms with E-state index in [2.05, 4.69) is 40.5 Å². The minimum absolute atomic E-state index is 0.150. The van der Waals surface area contributed by atoms with Gasteiger partial charge in [0.05, 0.1) is 12.4 Å². The predicted molar refractivity (Wildman–Crippen MR) is 93.5 cm³/mol. The van der Waals surface area contributed by atoms with Crippen LogP contribution in [0.5, 0.6) is 0 Å². The zero-order valence-electron chi connectivity index (χ0n) is 14.3. The molecule has 0 fully saturated rings. The van der Waals surface area contributed by atoms with Crippen molar-refractivity contribution in [3.63, 3.8) is 0 Å². The summed E-state index contributed by atoms with van der Waals surface area (Å²) < 4.78 is 0. The number of aromatic nitrogens is 2. The maximum absolute atomic E-state index is 12.0. The Balaban J connectivity index is 1.72. The highest BCUT2D eigenvalue weighted by Crippen LogP contribution is 2.19. The Morgan fingerprint density at radius 2 is 2.09 bits per heavy atom. The van der Waals surface area contributed by atoms with Crippen molar-refractivity contribution < 1.29 is 4.79 Å². The molecule has 0 bridgehead atoms. The first-order valence-corrected chi connectivity index (χ1v) is 8.67. The van der Waals surface area contributed by atoms with Crippen molar-refractivity contribution in [2.75, 3.05) is 18.4 Å². The van der Waals surface area contributed by atoms with Gasteiger partial charge < -0.3 is 10.6 Å². The summed E-state index contributed by atoms with van der Waals surface area (Å²) in [5.74, 6) is 1.22. The van der Waals surface area contributed by atoms with Crippen LogP contribution in [-0.4, -0.2) is 29.0 Å². The quantitative estimate of drug-likeness (QED) is 0.720. The number of anilines is 1. The van der Waals surface area contributed by atoms with Crippen LogP contribution in [0.2, 0.25) is 0 Å². The van der Waals surface area contributed by atoms with Gasteiger partial charge in [-0.1, -0.05) is 25.5 Å². The average Bonchev–Trinajstić information content (AvgIpc) is 2.56. The van der Waals surface area contributed by atoms with Crippen LogP contribution in [0.15, 0.2) is 24.0 Å². The number of carbonyl (C=O) groups excluding carboxylic acids is 1. The molecule has 0 atom stereocenters. The van der Waals surface area contributed by atoms with Crippen molar-refractivity contribution in [2.45, 2.75) is 52.4 Å². The van der Waals surface area contributed by atoms with E-state index in [1.165, 1.54) is 37.5 Å². The molecule has 23 heavy (non-hydrogen) atoms. The second-order valence-corrected chi connectivity index (χ2v) is 6.51. The third-order valence-electron chi connectivity index (χ3n) is 4.03. The van der Waals surface area contributed by atoms with Crippen LogP contribution in [0.25, 0.3) is 0 Å². The Kier molecular flexibility index (Phi) is 7.04. The number of carbonyl (C=O) groups is 1. The molecule has 1 aliphatic rings. The first-order valence-electron chi connectivity index (χ1n) is 8.67. The van der Waals surface area contributed by atoms with Crippen molar-refractivity contribution >= 4 is 11.7 Å². The lowest BCUT2D eigenvalue weighted by Crippen LogP contribution is -2.26. The molecule has 1 heterocycles. The van der Waals surface area contributed by atoms with E-state index >= 15 is 0 Å². The summed E-state index contributed by atoms with van der Waals surface area (Å²) in [6.45, 7) is 5.90. The second kappa shape index (κ2) is 9.28. The molecule has 1 aliphatic carbocycles. The van der Waals surface area contributed by atoms with E-state index in [0.29, 0.717) is 18.2 Å². The van der Waals surface area contributed by atoms with Crippen LogP contribution < -0.4 is 10.6 Å². The fourth-order valence-corrected chi connectivity index (χ4v) is 2.58. The standard InChI is InChI=1S/C18H28N4O/c1-14(2)8-10-19-17-13-21-16(12-22-17)18(23)20-11-9-15-6-4-3-5-7-15/h6,12-14H,3-5,7-11H2,1-2H3,(H,19,22)(H,20,23). The van der Waals surface area contributed by atoms with E-state index in [-0.39, 0.29) is 5.91 Å². The molecule has 0 unspecified atom stereocenters. The Labute approximate surface area is 139 Å². The highest BCUT2D eigenvalue weighted by atomic mass is 16.1. The summed E-state index contributed by atoms with van der Waals surface area (Å²) in [7, 11) is 0. The smallest absolute Gasteiger partial charge is 0.271 e. The normalized spacial score (nSPS) is 14.5. The van der Waals surface area contributed by atoms with E-state index in [9.17, 15) is 4.79 Å². The van der Waals surface area contributed by atoms with Gasteiger partial charge in [-0.3, -0.25) is 4.79 Å². The molecule has 2 N–H and O–H groups in total. The van der Waals surface area contributed by atoms with Crippen molar-refractivity contribution in [1.82, 2.24) is 15.3 Å². The topological polar surface area (TPSA) is 66.9 Å². The largest absolute Gasteiger partial charge is 0.369 e. The van der Waals surface area contributed by atoms with Gasteiger partial charge in [0.1, 0.15) is 11.5 Å². The number of hydrogen-bond donors (Lipinski definition) is 2. The van der Waals surface area contributed by atoms with Gasteiger partial charge in [-0.05, 0) is 44.4 Å². The molecular weight excluding hydrogens is 288 g/mol. The molecule has 1 aromatic heterocycles. The second-order valence-electron chi connectivity index (χ2n) is 6.51. The van der Waals surface area contributed by atoms with Gasteiger partial charge >= 0.3 is 0 Å². The first-order chi connectivity index (χ1) is 11.1. The van der Waals surface area contributed by atoms with E-state index in [4.69, 9.17) is 0 Å². The minimum atomic E-state index is -0.150. The summed E-state index contributed by atoms with van der Waals surface area (Å²) in [5, 5.41) is 6.14. The monoisotopic (exact) mass is 316 g/mol. The molecule has 2 rings (SSSR count). The molecule has 0 radical (unpaired) electrons. The molecule has 0 saturated carbocycles. The fraction of sp³-hybridized carbons (Fsp3) is 0.611. The maximum atomic E-state index is 12.0. The zero-order chi connectivity index (χ0) is 16.5. The van der Waals surface area contributed by atoms with E-state index in [0.717, 1.165) is 25.2 Å². The van der Waals surface area contributed by atoms with Gasteiger partial charge in [0, 0.05) is 13.1 Å². The lowest BCUT2D eigenvalue weighted by molar-refractivity contribution is 0.0948. The molecule has 126 valence electrons. The summed E-state index contributed by atoms with van der Waals surface area (Å²) in [6, 6.07) is 0. The predicted octanol–water partition coefficient (Wildman–Crippen LogP) is 3.55. The number of hydrogen-bond acceptors (Lipinski definition) is 4. The summed E-state index contributed by atoms with van der Waals surface area (Å²) in [5.41, 5.74) is 1.84. The van der Waals surface area contributed by atoms with E-state index in [1.54, 1.807) is 6.20 Å². The van der Waals surface area contributed by atoms with Crippen LogP contribution in [0.1, 0.15) is 62.9 Å². The third-order valence-corrected chi connectivity index (χ3v) is 4.03. The Morgan fingerprint density at radius 3 is 2.74 bits per heavy atom. The zero-order valence-corrected chi connectivity index (χ0v) is 14.3. The number of rotatable bonds is 8. The van der Waals surface area contributed by atoms with Crippen LogP contribution in [0.3, 0.4) is 0 Å². The summed E-state index contributed by atoms with van der Waals surface area (Å²) in [6.07, 6.45) is 12.4. The van der Waals surface area contributed by atoms with Gasteiger partial charge in [0.25, 0.3) is 5.91 Å². The van der Waals surface area contributed by atoms with Crippen molar-refractivity contribution in [3.8, 4) is 0 Å². The van der Waals surface area contributed by atoms with Gasteiger partial charge in [0.15, 0.2) is 0 Å². The Hall–Kier alpha value is -1.91. The number of nitrogens with zero attached hydrogens (tertiary/aromatic N) is 2. The van der Waals surface area contributed by atoms with Gasteiger partial charge in [-0.2, -0.15) is 0 Å². The SMILES string of the molecule is CC(C)CCNc1cnc(C(=O)NCCC2=CCCCC2)cn1. The summed E-state index contributed by atoms with van der Waals surface area (Å²) in [4.78, 5) is 20.5. The van der Waals surface area contributed by atoms with E-state index in [1.807, 2.05) is 0 Å². The maximum Gasteiger partial charge on any atom is 0.271 e. The number of nitrogens with one attached hydrogen (secondary N) is 2. The van der Waals surface area contributed by atoms with Gasteiger partial charge in [-0.15, -0.1) is 0 Å². The molecule has 1 amide bonds. The van der Waals surface area contributed by atoms with Crippen LogP contribution in [-0.2, 0) is 0 Å². The van der Waals surface area contributed by atoms with Gasteiger partial charge in [-0.25, -0.2) is 9.97 Å².